The van der Waals surface area contributed by atoms with Gasteiger partial charge in [0.2, 0.25) is 11.1 Å². The highest BCUT2D eigenvalue weighted by atomic mass is 32.2. The monoisotopic (exact) mass is 413 g/mol. The van der Waals surface area contributed by atoms with Crippen LogP contribution in [0, 0.1) is 13.8 Å². The second kappa shape index (κ2) is 9.73. The highest BCUT2D eigenvalue weighted by Crippen LogP contribution is 2.19. The van der Waals surface area contributed by atoms with Gasteiger partial charge in [-0.25, -0.2) is 9.50 Å². The number of unbranched alkanes of at least 4 members (excludes halogenated alkanes) is 1. The number of nitrogens with zero attached hydrogens (tertiary/aromatic N) is 4. The maximum absolute atomic E-state index is 12.2. The average Bonchev–Trinajstić information content (AvgIpc) is 3.14. The summed E-state index contributed by atoms with van der Waals surface area (Å²) in [6.45, 7) is 6.71. The summed E-state index contributed by atoms with van der Waals surface area (Å²) in [5.74, 6) is 1.54. The molecule has 0 radical (unpaired) electrons. The average molecular weight is 414 g/mol. The van der Waals surface area contributed by atoms with Crippen LogP contribution in [0.15, 0.2) is 29.4 Å². The third kappa shape index (κ3) is 5.26. The summed E-state index contributed by atoms with van der Waals surface area (Å²) in [5, 5.41) is 8.02. The van der Waals surface area contributed by atoms with Crippen LogP contribution in [-0.4, -0.2) is 38.4 Å². The minimum absolute atomic E-state index is 0.0684. The van der Waals surface area contributed by atoms with Crippen molar-refractivity contribution < 1.29 is 9.53 Å². The molecule has 0 saturated heterocycles. The van der Waals surface area contributed by atoms with E-state index in [1.807, 2.05) is 31.2 Å². The van der Waals surface area contributed by atoms with Crippen molar-refractivity contribution in [3.8, 4) is 5.75 Å². The second-order valence-electron chi connectivity index (χ2n) is 6.89. The lowest BCUT2D eigenvalue weighted by molar-refractivity contribution is -0.118. The third-order valence-corrected chi connectivity index (χ3v) is 5.60. The molecule has 0 aliphatic heterocycles. The van der Waals surface area contributed by atoms with Crippen molar-refractivity contribution in [2.24, 2.45) is 0 Å². The molecule has 0 fully saturated rings. The normalized spacial score (nSPS) is 11.0. The van der Waals surface area contributed by atoms with E-state index in [-0.39, 0.29) is 11.7 Å². The molecule has 2 aromatic heterocycles. The van der Waals surface area contributed by atoms with Crippen molar-refractivity contribution in [1.82, 2.24) is 24.9 Å². The number of methoxy groups -OCH3 is 1. The number of rotatable bonds is 9. The van der Waals surface area contributed by atoms with Gasteiger partial charge in [-0.3, -0.25) is 4.79 Å². The molecule has 2 heterocycles. The van der Waals surface area contributed by atoms with E-state index in [2.05, 4.69) is 34.2 Å². The van der Waals surface area contributed by atoms with Crippen molar-refractivity contribution in [2.45, 2.75) is 51.7 Å². The maximum Gasteiger partial charge on any atom is 0.253 e. The Morgan fingerprint density at radius 2 is 2.10 bits per heavy atom. The van der Waals surface area contributed by atoms with Gasteiger partial charge in [-0.15, -0.1) is 5.10 Å². The quantitative estimate of drug-likeness (QED) is 0.541. The molecule has 0 aliphatic rings. The molecule has 0 bridgehead atoms. The smallest absolute Gasteiger partial charge is 0.253 e. The Balaban J connectivity index is 1.61. The molecule has 0 spiro atoms. The Labute approximate surface area is 175 Å². The number of hydrogen-bond donors (Lipinski definition) is 1. The zero-order valence-corrected chi connectivity index (χ0v) is 18.2. The van der Waals surface area contributed by atoms with Gasteiger partial charge < -0.3 is 10.1 Å². The summed E-state index contributed by atoms with van der Waals surface area (Å²) < 4.78 is 6.99. The number of aromatic nitrogens is 4. The Bertz CT molecular complexity index is 1000. The first-order valence-electron chi connectivity index (χ1n) is 9.77. The Hall–Kier alpha value is -2.61. The van der Waals surface area contributed by atoms with Crippen molar-refractivity contribution in [1.29, 1.82) is 0 Å². The molecule has 1 aromatic carbocycles. The van der Waals surface area contributed by atoms with Gasteiger partial charge in [0, 0.05) is 17.9 Å². The molecule has 3 aromatic rings. The molecule has 0 aliphatic carbocycles. The Morgan fingerprint density at radius 3 is 2.86 bits per heavy atom. The van der Waals surface area contributed by atoms with Crippen LogP contribution < -0.4 is 10.1 Å². The highest BCUT2D eigenvalue weighted by molar-refractivity contribution is 7.99. The molecule has 0 atom stereocenters. The molecule has 0 unspecified atom stereocenters. The minimum atomic E-state index is -0.0684. The van der Waals surface area contributed by atoms with E-state index in [9.17, 15) is 4.79 Å². The second-order valence-corrected chi connectivity index (χ2v) is 7.83. The van der Waals surface area contributed by atoms with E-state index in [0.717, 1.165) is 42.0 Å². The van der Waals surface area contributed by atoms with Crippen LogP contribution in [0.1, 0.15) is 42.3 Å². The van der Waals surface area contributed by atoms with Crippen LogP contribution >= 0.6 is 11.8 Å². The molecular weight excluding hydrogens is 386 g/mol. The molecule has 1 N–H and O–H groups in total. The number of fused-ring (bicyclic) bond motifs is 1. The Morgan fingerprint density at radius 1 is 1.28 bits per heavy atom. The van der Waals surface area contributed by atoms with Crippen molar-refractivity contribution in [3.63, 3.8) is 0 Å². The van der Waals surface area contributed by atoms with Gasteiger partial charge in [-0.2, -0.15) is 4.98 Å². The first kappa shape index (κ1) is 21.1. The summed E-state index contributed by atoms with van der Waals surface area (Å²) in [4.78, 5) is 21.3. The van der Waals surface area contributed by atoms with E-state index in [1.165, 1.54) is 17.3 Å². The minimum Gasteiger partial charge on any atom is -0.497 e. The summed E-state index contributed by atoms with van der Waals surface area (Å²) >= 11 is 1.32. The molecular formula is C21H27N5O2S. The Kier molecular flexibility index (Phi) is 7.09. The lowest BCUT2D eigenvalue weighted by Crippen LogP contribution is -2.24. The fourth-order valence-electron chi connectivity index (χ4n) is 3.13. The van der Waals surface area contributed by atoms with Gasteiger partial charge in [0.1, 0.15) is 5.75 Å². The zero-order valence-electron chi connectivity index (χ0n) is 17.4. The standard InChI is InChI=1S/C21H27N5O2S/c1-5-6-10-18-14(2)23-20-24-21(25-26(20)15(18)3)29-13-19(27)22-12-16-8-7-9-17(11-16)28-4/h7-9,11H,5-6,10,12-13H2,1-4H3,(H,22,27). The zero-order chi connectivity index (χ0) is 20.8. The molecule has 0 saturated carbocycles. The predicted molar refractivity (Wildman–Crippen MR) is 114 cm³/mol. The van der Waals surface area contributed by atoms with Crippen LogP contribution in [0.2, 0.25) is 0 Å². The number of aryl methyl sites for hydroxylation is 2. The fourth-order valence-corrected chi connectivity index (χ4v) is 3.78. The summed E-state index contributed by atoms with van der Waals surface area (Å²) in [6, 6.07) is 7.64. The number of hydrogen-bond acceptors (Lipinski definition) is 6. The molecule has 1 amide bonds. The lowest BCUT2D eigenvalue weighted by Gasteiger charge is -2.09. The molecule has 154 valence electrons. The first-order chi connectivity index (χ1) is 14.0. The van der Waals surface area contributed by atoms with Crippen LogP contribution in [0.5, 0.6) is 5.75 Å². The van der Waals surface area contributed by atoms with Crippen LogP contribution in [0.25, 0.3) is 5.78 Å². The summed E-state index contributed by atoms with van der Waals surface area (Å²) in [5.41, 5.74) is 4.30. The molecule has 8 heteroatoms. The summed E-state index contributed by atoms with van der Waals surface area (Å²) in [6.07, 6.45) is 3.25. The fraction of sp³-hybridized carbons (Fsp3) is 0.429. The van der Waals surface area contributed by atoms with E-state index in [4.69, 9.17) is 4.74 Å². The SMILES string of the molecule is CCCCc1c(C)nc2nc(SCC(=O)NCc3cccc(OC)c3)nn2c1C. The molecule has 3 rings (SSSR count). The van der Waals surface area contributed by atoms with E-state index in [0.29, 0.717) is 17.5 Å². The first-order valence-corrected chi connectivity index (χ1v) is 10.8. The molecule has 29 heavy (non-hydrogen) atoms. The number of nitrogens with one attached hydrogen (secondary N) is 1. The van der Waals surface area contributed by atoms with E-state index < -0.39 is 0 Å². The molecule has 7 nitrogen and oxygen atoms in total. The van der Waals surface area contributed by atoms with Gasteiger partial charge in [0.15, 0.2) is 0 Å². The number of carbonyl (C=O) groups excluding carboxylic acids is 1. The van der Waals surface area contributed by atoms with Crippen molar-refractivity contribution in [2.75, 3.05) is 12.9 Å². The van der Waals surface area contributed by atoms with E-state index >= 15 is 0 Å². The number of benzene rings is 1. The third-order valence-electron chi connectivity index (χ3n) is 4.77. The van der Waals surface area contributed by atoms with Gasteiger partial charge in [0.05, 0.1) is 12.9 Å². The van der Waals surface area contributed by atoms with Crippen LogP contribution in [0.4, 0.5) is 0 Å². The van der Waals surface area contributed by atoms with Gasteiger partial charge in [-0.05, 0) is 49.9 Å². The largest absolute Gasteiger partial charge is 0.497 e. The van der Waals surface area contributed by atoms with Gasteiger partial charge in [-0.1, -0.05) is 37.2 Å². The topological polar surface area (TPSA) is 81.4 Å². The van der Waals surface area contributed by atoms with Gasteiger partial charge >= 0.3 is 0 Å². The lowest BCUT2D eigenvalue weighted by atomic mass is 10.1. The van der Waals surface area contributed by atoms with Crippen molar-refractivity contribution in [3.05, 3.63) is 46.8 Å². The number of amides is 1. The van der Waals surface area contributed by atoms with Gasteiger partial charge in [0.25, 0.3) is 5.78 Å². The van der Waals surface area contributed by atoms with Crippen LogP contribution in [-0.2, 0) is 17.8 Å². The van der Waals surface area contributed by atoms with E-state index in [1.54, 1.807) is 11.6 Å². The highest BCUT2D eigenvalue weighted by Gasteiger charge is 2.14. The maximum atomic E-state index is 12.2. The number of thioether (sulfide) groups is 1. The number of ether oxygens (including phenoxy) is 1. The van der Waals surface area contributed by atoms with Crippen molar-refractivity contribution >= 4 is 23.4 Å². The number of carbonyl (C=O) groups is 1. The summed E-state index contributed by atoms with van der Waals surface area (Å²) in [7, 11) is 1.63. The predicted octanol–water partition coefficient (Wildman–Crippen LogP) is 3.50. The van der Waals surface area contributed by atoms with Crippen LogP contribution in [0.3, 0.4) is 0 Å².